The number of halogens is 1. The minimum Gasteiger partial charge on any atom is -0.345 e. The van der Waals surface area contributed by atoms with Gasteiger partial charge in [-0.25, -0.2) is 9.18 Å². The molecule has 3 amide bonds. The van der Waals surface area contributed by atoms with Crippen molar-refractivity contribution in [2.24, 2.45) is 5.41 Å². The fourth-order valence-electron chi connectivity index (χ4n) is 4.68. The second-order valence-corrected chi connectivity index (χ2v) is 8.26. The SMILES string of the molecule is CN1CC2(CCN(C(=O)Nc3ccccc3F)CC2)C[C@@H](c2ccccc2)C1=O. The lowest BCUT2D eigenvalue weighted by Crippen LogP contribution is -2.54. The lowest BCUT2D eigenvalue weighted by molar-refractivity contribution is -0.139. The van der Waals surface area contributed by atoms with Crippen LogP contribution < -0.4 is 5.32 Å². The van der Waals surface area contributed by atoms with Crippen LogP contribution in [0.5, 0.6) is 0 Å². The summed E-state index contributed by atoms with van der Waals surface area (Å²) in [6.07, 6.45) is 2.47. The highest BCUT2D eigenvalue weighted by atomic mass is 19.1. The number of anilines is 1. The second-order valence-electron chi connectivity index (χ2n) is 8.26. The number of hydrogen-bond acceptors (Lipinski definition) is 2. The van der Waals surface area contributed by atoms with Crippen LogP contribution in [0.1, 0.15) is 30.7 Å². The molecule has 2 aliphatic rings. The first kappa shape index (κ1) is 19.4. The number of nitrogens with zero attached hydrogens (tertiary/aromatic N) is 2. The standard InChI is InChI=1S/C23H26FN3O2/c1-26-16-23(15-18(21(26)28)17-7-3-2-4-8-17)11-13-27(14-12-23)22(29)25-20-10-6-5-9-19(20)24/h2-10,18H,11-16H2,1H3,(H,25,29)/t18-/m0/s1. The van der Waals surface area contributed by atoms with E-state index < -0.39 is 5.82 Å². The van der Waals surface area contributed by atoms with E-state index in [2.05, 4.69) is 5.32 Å². The zero-order chi connectivity index (χ0) is 20.4. The third kappa shape index (κ3) is 3.97. The summed E-state index contributed by atoms with van der Waals surface area (Å²) in [6, 6.07) is 15.9. The summed E-state index contributed by atoms with van der Waals surface area (Å²) in [5, 5.41) is 2.67. The van der Waals surface area contributed by atoms with E-state index in [9.17, 15) is 14.0 Å². The molecule has 0 aliphatic carbocycles. The van der Waals surface area contributed by atoms with Gasteiger partial charge in [0.25, 0.3) is 0 Å². The molecule has 2 fully saturated rings. The smallest absolute Gasteiger partial charge is 0.321 e. The Morgan fingerprint density at radius 1 is 1.07 bits per heavy atom. The number of likely N-dealkylation sites (N-methyl/N-ethyl adjacent to an activating group) is 1. The largest absolute Gasteiger partial charge is 0.345 e. The predicted octanol–water partition coefficient (Wildman–Crippen LogP) is 4.09. The predicted molar refractivity (Wildman–Crippen MR) is 110 cm³/mol. The first-order chi connectivity index (χ1) is 14.0. The van der Waals surface area contributed by atoms with Gasteiger partial charge in [0.15, 0.2) is 0 Å². The number of urea groups is 1. The monoisotopic (exact) mass is 395 g/mol. The van der Waals surface area contributed by atoms with Crippen molar-refractivity contribution >= 4 is 17.6 Å². The second kappa shape index (κ2) is 7.85. The van der Waals surface area contributed by atoms with Crippen LogP contribution in [0.4, 0.5) is 14.9 Å². The van der Waals surface area contributed by atoms with Crippen LogP contribution in [0.15, 0.2) is 54.6 Å². The van der Waals surface area contributed by atoms with Crippen molar-refractivity contribution in [1.29, 1.82) is 0 Å². The first-order valence-corrected chi connectivity index (χ1v) is 10.1. The van der Waals surface area contributed by atoms with Crippen molar-refractivity contribution in [1.82, 2.24) is 9.80 Å². The summed E-state index contributed by atoms with van der Waals surface area (Å²) in [4.78, 5) is 28.9. The number of amides is 3. The van der Waals surface area contributed by atoms with E-state index in [0.29, 0.717) is 13.1 Å². The van der Waals surface area contributed by atoms with Gasteiger partial charge in [-0.3, -0.25) is 4.79 Å². The Hall–Kier alpha value is -2.89. The van der Waals surface area contributed by atoms with Gasteiger partial charge in [0, 0.05) is 26.7 Å². The molecule has 0 unspecified atom stereocenters. The van der Waals surface area contributed by atoms with Gasteiger partial charge in [-0.15, -0.1) is 0 Å². The zero-order valence-corrected chi connectivity index (χ0v) is 16.6. The third-order valence-corrected chi connectivity index (χ3v) is 6.31. The molecule has 29 heavy (non-hydrogen) atoms. The van der Waals surface area contributed by atoms with Crippen LogP contribution in [-0.2, 0) is 4.79 Å². The molecule has 4 rings (SSSR count). The maximum absolute atomic E-state index is 13.8. The van der Waals surface area contributed by atoms with E-state index in [0.717, 1.165) is 31.4 Å². The normalized spacial score (nSPS) is 21.3. The minimum atomic E-state index is -0.438. The van der Waals surface area contributed by atoms with Crippen molar-refractivity contribution in [3.05, 3.63) is 66.0 Å². The molecule has 1 atom stereocenters. The highest BCUT2D eigenvalue weighted by molar-refractivity contribution is 5.89. The molecule has 2 saturated heterocycles. The topological polar surface area (TPSA) is 52.6 Å². The Labute approximate surface area is 170 Å². The van der Waals surface area contributed by atoms with E-state index in [1.165, 1.54) is 6.07 Å². The van der Waals surface area contributed by atoms with E-state index in [4.69, 9.17) is 0 Å². The van der Waals surface area contributed by atoms with Crippen molar-refractivity contribution < 1.29 is 14.0 Å². The molecule has 5 nitrogen and oxygen atoms in total. The van der Waals surface area contributed by atoms with Crippen molar-refractivity contribution in [3.8, 4) is 0 Å². The number of piperidine rings is 2. The Kier molecular flexibility index (Phi) is 5.26. The summed E-state index contributed by atoms with van der Waals surface area (Å²) in [5.74, 6) is -0.400. The van der Waals surface area contributed by atoms with Gasteiger partial charge in [-0.1, -0.05) is 42.5 Å². The number of carbonyl (C=O) groups excluding carboxylic acids is 2. The third-order valence-electron chi connectivity index (χ3n) is 6.31. The highest BCUT2D eigenvalue weighted by Crippen LogP contribution is 2.45. The average Bonchev–Trinajstić information content (AvgIpc) is 2.73. The number of hydrogen-bond donors (Lipinski definition) is 1. The number of benzene rings is 2. The van der Waals surface area contributed by atoms with Gasteiger partial charge < -0.3 is 15.1 Å². The Morgan fingerprint density at radius 3 is 2.41 bits per heavy atom. The average molecular weight is 395 g/mol. The molecule has 1 spiro atoms. The summed E-state index contributed by atoms with van der Waals surface area (Å²) < 4.78 is 13.8. The molecular weight excluding hydrogens is 369 g/mol. The molecule has 6 heteroatoms. The van der Waals surface area contributed by atoms with Crippen LogP contribution in [0, 0.1) is 11.2 Å². The van der Waals surface area contributed by atoms with E-state index in [1.807, 2.05) is 42.3 Å². The van der Waals surface area contributed by atoms with E-state index in [1.54, 1.807) is 23.1 Å². The van der Waals surface area contributed by atoms with Gasteiger partial charge in [0.05, 0.1) is 11.6 Å². The van der Waals surface area contributed by atoms with Gasteiger partial charge in [0.1, 0.15) is 5.82 Å². The molecule has 0 aromatic heterocycles. The molecule has 0 bridgehead atoms. The summed E-state index contributed by atoms with van der Waals surface area (Å²) in [7, 11) is 1.87. The van der Waals surface area contributed by atoms with Gasteiger partial charge >= 0.3 is 6.03 Å². The first-order valence-electron chi connectivity index (χ1n) is 10.1. The molecule has 1 N–H and O–H groups in total. The van der Waals surface area contributed by atoms with Crippen LogP contribution in [-0.4, -0.2) is 48.4 Å². The van der Waals surface area contributed by atoms with Crippen LogP contribution in [0.2, 0.25) is 0 Å². The molecule has 2 heterocycles. The minimum absolute atomic E-state index is 0.0119. The van der Waals surface area contributed by atoms with Crippen molar-refractivity contribution in [2.75, 3.05) is 32.0 Å². The van der Waals surface area contributed by atoms with E-state index >= 15 is 0 Å². The molecule has 2 aromatic carbocycles. The quantitative estimate of drug-likeness (QED) is 0.833. The molecule has 2 aliphatic heterocycles. The maximum Gasteiger partial charge on any atom is 0.321 e. The van der Waals surface area contributed by atoms with Crippen molar-refractivity contribution in [2.45, 2.75) is 25.2 Å². The highest BCUT2D eigenvalue weighted by Gasteiger charge is 2.45. The van der Waals surface area contributed by atoms with Gasteiger partial charge in [-0.05, 0) is 42.4 Å². The Morgan fingerprint density at radius 2 is 1.72 bits per heavy atom. The number of carbonyl (C=O) groups is 2. The Bertz CT molecular complexity index is 894. The maximum atomic E-state index is 13.8. The molecule has 2 aromatic rings. The number of para-hydroxylation sites is 1. The number of likely N-dealkylation sites (tertiary alicyclic amines) is 2. The lowest BCUT2D eigenvalue weighted by atomic mass is 9.68. The zero-order valence-electron chi connectivity index (χ0n) is 16.6. The summed E-state index contributed by atoms with van der Waals surface area (Å²) >= 11 is 0. The van der Waals surface area contributed by atoms with Gasteiger partial charge in [0.2, 0.25) is 5.91 Å². The fourth-order valence-corrected chi connectivity index (χ4v) is 4.68. The Balaban J connectivity index is 1.43. The van der Waals surface area contributed by atoms with Crippen LogP contribution in [0.3, 0.4) is 0 Å². The van der Waals surface area contributed by atoms with Crippen LogP contribution in [0.25, 0.3) is 0 Å². The molecule has 0 radical (unpaired) electrons. The van der Waals surface area contributed by atoms with Gasteiger partial charge in [-0.2, -0.15) is 0 Å². The molecular formula is C23H26FN3O2. The molecule has 152 valence electrons. The van der Waals surface area contributed by atoms with Crippen LogP contribution >= 0.6 is 0 Å². The van der Waals surface area contributed by atoms with E-state index in [-0.39, 0.29) is 29.0 Å². The summed E-state index contributed by atoms with van der Waals surface area (Å²) in [6.45, 7) is 1.92. The fraction of sp³-hybridized carbons (Fsp3) is 0.391. The summed E-state index contributed by atoms with van der Waals surface area (Å²) in [5.41, 5.74) is 1.27. The van der Waals surface area contributed by atoms with Crippen molar-refractivity contribution in [3.63, 3.8) is 0 Å². The number of nitrogens with one attached hydrogen (secondary N) is 1. The molecule has 0 saturated carbocycles. The lowest BCUT2D eigenvalue weighted by Gasteiger charge is -2.49. The number of rotatable bonds is 2.